The van der Waals surface area contributed by atoms with Gasteiger partial charge in [0.05, 0.1) is 13.2 Å². The van der Waals surface area contributed by atoms with Crippen LogP contribution in [0.1, 0.15) is 18.3 Å². The highest BCUT2D eigenvalue weighted by Gasteiger charge is 2.20. The maximum Gasteiger partial charge on any atom is 0.160 e. The van der Waals surface area contributed by atoms with Crippen LogP contribution in [0, 0.1) is 0 Å². The molecule has 2 aliphatic rings. The number of aliphatic imine (C=N–C) groups is 1. The van der Waals surface area contributed by atoms with Crippen LogP contribution in [0.3, 0.4) is 0 Å². The zero-order valence-corrected chi connectivity index (χ0v) is 20.5. The predicted molar refractivity (Wildman–Crippen MR) is 143 cm³/mol. The number of ether oxygens (including phenoxy) is 1. The first-order valence-electron chi connectivity index (χ1n) is 12.2. The Labute approximate surface area is 207 Å². The number of amidine groups is 1. The van der Waals surface area contributed by atoms with Gasteiger partial charge < -0.3 is 21.1 Å². The molecule has 0 unspecified atom stereocenters. The number of nitrogens with two attached hydrogens (primary N) is 2. The molecule has 0 aliphatic carbocycles. The normalized spacial score (nSPS) is 18.9. The Morgan fingerprint density at radius 2 is 1.63 bits per heavy atom. The third-order valence-electron chi connectivity index (χ3n) is 6.09. The molecular formula is C26H36N8O. The summed E-state index contributed by atoms with van der Waals surface area (Å²) < 4.78 is 5.45. The van der Waals surface area contributed by atoms with Crippen molar-refractivity contribution < 1.29 is 4.74 Å². The number of aromatic nitrogens is 2. The average molecular weight is 477 g/mol. The zero-order valence-electron chi connectivity index (χ0n) is 20.5. The largest absolute Gasteiger partial charge is 0.402 e. The van der Waals surface area contributed by atoms with E-state index in [-0.39, 0.29) is 0 Å². The van der Waals surface area contributed by atoms with Crippen LogP contribution >= 0.6 is 0 Å². The summed E-state index contributed by atoms with van der Waals surface area (Å²) in [5.41, 5.74) is 13.5. The van der Waals surface area contributed by atoms with Crippen molar-refractivity contribution in [1.82, 2.24) is 19.8 Å². The second-order valence-electron chi connectivity index (χ2n) is 8.89. The summed E-state index contributed by atoms with van der Waals surface area (Å²) in [5, 5.41) is 0. The van der Waals surface area contributed by atoms with Gasteiger partial charge in [0.25, 0.3) is 0 Å². The summed E-state index contributed by atoms with van der Waals surface area (Å²) in [7, 11) is 0. The van der Waals surface area contributed by atoms with Crippen molar-refractivity contribution in [3.63, 3.8) is 0 Å². The molecule has 0 spiro atoms. The Morgan fingerprint density at radius 3 is 2.31 bits per heavy atom. The highest BCUT2D eigenvalue weighted by Crippen LogP contribution is 2.21. The van der Waals surface area contributed by atoms with Crippen molar-refractivity contribution in [1.29, 1.82) is 0 Å². The van der Waals surface area contributed by atoms with Gasteiger partial charge in [0, 0.05) is 64.1 Å². The van der Waals surface area contributed by atoms with Gasteiger partial charge in [-0.2, -0.15) is 0 Å². The summed E-state index contributed by atoms with van der Waals surface area (Å²) in [6, 6.07) is 12.0. The van der Waals surface area contributed by atoms with Crippen LogP contribution in [0.25, 0.3) is 12.2 Å². The fourth-order valence-corrected chi connectivity index (χ4v) is 4.17. The zero-order chi connectivity index (χ0) is 24.5. The monoisotopic (exact) mass is 476 g/mol. The number of anilines is 1. The van der Waals surface area contributed by atoms with Crippen LogP contribution in [0.15, 0.2) is 53.2 Å². The SMILES string of the molecule is C/C(N)=C/C(N)=N/c1cc(N2CCN(CCN3CCOCC3)CC2)nc(/C=C/c2ccccc2)n1. The van der Waals surface area contributed by atoms with Gasteiger partial charge in [-0.1, -0.05) is 36.4 Å². The van der Waals surface area contributed by atoms with E-state index < -0.39 is 0 Å². The maximum absolute atomic E-state index is 6.05. The van der Waals surface area contributed by atoms with Gasteiger partial charge in [-0.3, -0.25) is 9.80 Å². The molecule has 4 N–H and O–H groups in total. The van der Waals surface area contributed by atoms with Crippen molar-refractivity contribution in [2.75, 3.05) is 70.5 Å². The minimum absolute atomic E-state index is 0.320. The molecule has 2 aliphatic heterocycles. The average Bonchev–Trinajstić information content (AvgIpc) is 2.87. The van der Waals surface area contributed by atoms with Crippen LogP contribution in [-0.2, 0) is 4.74 Å². The van der Waals surface area contributed by atoms with E-state index >= 15 is 0 Å². The number of allylic oxidation sites excluding steroid dienone is 1. The highest BCUT2D eigenvalue weighted by atomic mass is 16.5. The molecule has 0 bridgehead atoms. The molecule has 4 rings (SSSR count). The summed E-state index contributed by atoms with van der Waals surface area (Å²) in [4.78, 5) is 21.2. The first-order chi connectivity index (χ1) is 17.0. The Morgan fingerprint density at radius 1 is 0.943 bits per heavy atom. The van der Waals surface area contributed by atoms with E-state index in [0.29, 0.717) is 23.2 Å². The fourth-order valence-electron chi connectivity index (χ4n) is 4.17. The topological polar surface area (TPSA) is 109 Å². The van der Waals surface area contributed by atoms with Gasteiger partial charge in [0.15, 0.2) is 11.6 Å². The molecule has 2 fully saturated rings. The molecule has 2 aromatic rings. The maximum atomic E-state index is 6.05. The summed E-state index contributed by atoms with van der Waals surface area (Å²) in [6.45, 7) is 11.5. The van der Waals surface area contributed by atoms with E-state index in [1.54, 1.807) is 13.0 Å². The Kier molecular flexibility index (Phi) is 8.83. The number of nitrogens with zero attached hydrogens (tertiary/aromatic N) is 6. The molecule has 3 heterocycles. The smallest absolute Gasteiger partial charge is 0.160 e. The van der Waals surface area contributed by atoms with Gasteiger partial charge in [0.2, 0.25) is 0 Å². The summed E-state index contributed by atoms with van der Waals surface area (Å²) in [6.07, 6.45) is 5.55. The fraction of sp³-hybridized carbons (Fsp3) is 0.423. The molecule has 0 saturated carbocycles. The van der Waals surface area contributed by atoms with Crippen LogP contribution in [0.5, 0.6) is 0 Å². The van der Waals surface area contributed by atoms with Crippen molar-refractivity contribution in [2.45, 2.75) is 6.92 Å². The van der Waals surface area contributed by atoms with Gasteiger partial charge in [0.1, 0.15) is 11.7 Å². The lowest BCUT2D eigenvalue weighted by atomic mass is 10.2. The Balaban J connectivity index is 1.46. The van der Waals surface area contributed by atoms with E-state index in [9.17, 15) is 0 Å². The molecule has 0 radical (unpaired) electrons. The standard InChI is InChI=1S/C26H36N8O/c1-21(27)19-23(28)29-25-20-26(31-24(30-25)8-7-22-5-3-2-4-6-22)34-13-11-32(12-14-34)9-10-33-15-17-35-18-16-33/h2-8,19-20H,9-18,27H2,1H3,(H2,28,29,30,31)/b8-7+,21-19-. The molecular weight excluding hydrogens is 440 g/mol. The Hall–Kier alpha value is -3.27. The molecule has 2 saturated heterocycles. The molecule has 186 valence electrons. The van der Waals surface area contributed by atoms with Gasteiger partial charge in [-0.05, 0) is 24.6 Å². The van der Waals surface area contributed by atoms with Crippen LogP contribution in [0.4, 0.5) is 11.6 Å². The van der Waals surface area contributed by atoms with Gasteiger partial charge in [-0.15, -0.1) is 0 Å². The summed E-state index contributed by atoms with van der Waals surface area (Å²) >= 11 is 0. The first kappa shape index (κ1) is 24.8. The minimum atomic E-state index is 0.320. The van der Waals surface area contributed by atoms with Gasteiger partial charge >= 0.3 is 0 Å². The molecule has 1 aromatic carbocycles. The predicted octanol–water partition coefficient (Wildman–Crippen LogP) is 1.95. The number of rotatable bonds is 8. The first-order valence-corrected chi connectivity index (χ1v) is 12.2. The lowest BCUT2D eigenvalue weighted by Crippen LogP contribution is -2.49. The van der Waals surface area contributed by atoms with Crippen molar-refractivity contribution in [3.05, 3.63) is 59.6 Å². The molecule has 0 atom stereocenters. The van der Waals surface area contributed by atoms with Crippen molar-refractivity contribution in [2.24, 2.45) is 16.5 Å². The van der Waals surface area contributed by atoms with E-state index in [1.165, 1.54) is 0 Å². The van der Waals surface area contributed by atoms with Crippen LogP contribution < -0.4 is 16.4 Å². The number of benzene rings is 1. The summed E-state index contributed by atoms with van der Waals surface area (Å²) in [5.74, 6) is 2.30. The molecule has 9 nitrogen and oxygen atoms in total. The number of hydrogen-bond donors (Lipinski definition) is 2. The number of piperazine rings is 1. The highest BCUT2D eigenvalue weighted by molar-refractivity contribution is 5.93. The van der Waals surface area contributed by atoms with E-state index in [2.05, 4.69) is 24.7 Å². The third-order valence-corrected chi connectivity index (χ3v) is 6.09. The van der Waals surface area contributed by atoms with Crippen molar-refractivity contribution >= 4 is 29.6 Å². The number of morpholine rings is 1. The number of hydrogen-bond acceptors (Lipinski definition) is 8. The lowest BCUT2D eigenvalue weighted by Gasteiger charge is -2.37. The lowest BCUT2D eigenvalue weighted by molar-refractivity contribution is 0.0331. The van der Waals surface area contributed by atoms with Crippen LogP contribution in [-0.4, -0.2) is 91.2 Å². The molecule has 35 heavy (non-hydrogen) atoms. The third kappa shape index (κ3) is 7.88. The van der Waals surface area contributed by atoms with Crippen LogP contribution in [0.2, 0.25) is 0 Å². The second kappa shape index (κ2) is 12.4. The molecule has 0 amide bonds. The Bertz CT molecular complexity index is 1030. The second-order valence-corrected chi connectivity index (χ2v) is 8.89. The minimum Gasteiger partial charge on any atom is -0.402 e. The van der Waals surface area contributed by atoms with E-state index in [1.807, 2.05) is 48.6 Å². The van der Waals surface area contributed by atoms with E-state index in [4.69, 9.17) is 21.2 Å². The molecule has 9 heteroatoms. The quantitative estimate of drug-likeness (QED) is 0.440. The van der Waals surface area contributed by atoms with Crippen molar-refractivity contribution in [3.8, 4) is 0 Å². The van der Waals surface area contributed by atoms with Gasteiger partial charge in [-0.25, -0.2) is 15.0 Å². The van der Waals surface area contributed by atoms with E-state index in [0.717, 1.165) is 77.0 Å². The molecule has 1 aromatic heterocycles.